The first-order valence-electron chi connectivity index (χ1n) is 16.9. The number of pyridine rings is 1. The number of para-hydroxylation sites is 1. The van der Waals surface area contributed by atoms with Gasteiger partial charge in [-0.25, -0.2) is 22.6 Å². The number of allylic oxidation sites excluding steroid dienone is 1. The first kappa shape index (κ1) is 33.7. The third kappa shape index (κ3) is 6.70. The summed E-state index contributed by atoms with van der Waals surface area (Å²) in [6.07, 6.45) is 5.37. The van der Waals surface area contributed by atoms with Crippen molar-refractivity contribution in [3.05, 3.63) is 60.4 Å². The number of aromatic nitrogens is 1. The van der Waals surface area contributed by atoms with Crippen LogP contribution in [0.2, 0.25) is 0 Å². The number of hydrogen-bond acceptors (Lipinski definition) is 8. The molecule has 3 heterocycles. The molecule has 1 aromatic heterocycles. The van der Waals surface area contributed by atoms with Crippen molar-refractivity contribution < 1.29 is 41.8 Å². The number of hydrogen-bond donors (Lipinski definition) is 4. The lowest BCUT2D eigenvalue weighted by molar-refractivity contribution is -0.141. The molecule has 0 bridgehead atoms. The van der Waals surface area contributed by atoms with Crippen molar-refractivity contribution >= 4 is 55.5 Å². The summed E-state index contributed by atoms with van der Waals surface area (Å²) in [5.74, 6) is -3.03. The van der Waals surface area contributed by atoms with Crippen LogP contribution in [0.15, 0.2) is 54.6 Å². The van der Waals surface area contributed by atoms with E-state index in [9.17, 15) is 37.1 Å². The van der Waals surface area contributed by atoms with Crippen molar-refractivity contribution in [1.82, 2.24) is 25.2 Å². The second-order valence-electron chi connectivity index (χ2n) is 13.6. The minimum Gasteiger partial charge on any atom is -0.472 e. The van der Waals surface area contributed by atoms with Crippen LogP contribution in [0, 0.1) is 11.7 Å². The van der Waals surface area contributed by atoms with Gasteiger partial charge in [-0.1, -0.05) is 49.3 Å². The molecular weight excluding hydrogens is 669 g/mol. The Labute approximate surface area is 287 Å². The molecular formula is C35H38FN5O8S. The van der Waals surface area contributed by atoms with Gasteiger partial charge in [0.1, 0.15) is 29.5 Å². The van der Waals surface area contributed by atoms with Gasteiger partial charge in [0, 0.05) is 23.1 Å². The Balaban J connectivity index is 1.22. The number of nitrogens with one attached hydrogen (secondary N) is 3. The molecule has 3 aromatic rings. The highest BCUT2D eigenvalue weighted by Crippen LogP contribution is 2.46. The first-order valence-corrected chi connectivity index (χ1v) is 18.5. The molecule has 50 heavy (non-hydrogen) atoms. The van der Waals surface area contributed by atoms with E-state index in [1.807, 2.05) is 30.4 Å². The predicted molar refractivity (Wildman–Crippen MR) is 180 cm³/mol. The molecule has 4 aliphatic rings. The van der Waals surface area contributed by atoms with E-state index in [-0.39, 0.29) is 31.7 Å². The van der Waals surface area contributed by atoms with Gasteiger partial charge >= 0.3 is 6.09 Å². The Bertz CT molecular complexity index is 2020. The van der Waals surface area contributed by atoms with Crippen molar-refractivity contribution in [3.8, 4) is 5.88 Å². The number of fused-ring (bicyclic) bond motifs is 5. The zero-order chi connectivity index (χ0) is 35.2. The number of carboxylic acid groups (broad SMARTS) is 1. The molecule has 5 atom stereocenters. The Morgan fingerprint density at radius 3 is 2.62 bits per heavy atom. The molecule has 2 saturated carbocycles. The second-order valence-corrected chi connectivity index (χ2v) is 15.6. The molecule has 4 N–H and O–H groups in total. The van der Waals surface area contributed by atoms with Gasteiger partial charge in [-0.2, -0.15) is 0 Å². The highest BCUT2D eigenvalue weighted by Gasteiger charge is 2.62. The molecule has 0 unspecified atom stereocenters. The van der Waals surface area contributed by atoms with Crippen LogP contribution < -0.4 is 20.1 Å². The number of amides is 4. The number of carbonyl (C=O) groups excluding carboxylic acids is 3. The van der Waals surface area contributed by atoms with Crippen LogP contribution in [0.3, 0.4) is 0 Å². The van der Waals surface area contributed by atoms with Crippen molar-refractivity contribution in [3.63, 3.8) is 0 Å². The average molecular weight is 708 g/mol. The van der Waals surface area contributed by atoms with Gasteiger partial charge in [0.25, 0.3) is 5.91 Å². The molecule has 7 rings (SSSR count). The Hall–Kier alpha value is -4.79. The summed E-state index contributed by atoms with van der Waals surface area (Å²) in [5, 5.41) is 15.9. The summed E-state index contributed by atoms with van der Waals surface area (Å²) in [5.41, 5.74) is -0.952. The second kappa shape index (κ2) is 13.2. The van der Waals surface area contributed by atoms with Crippen LogP contribution in [-0.2, 0) is 24.4 Å². The fourth-order valence-corrected chi connectivity index (χ4v) is 8.50. The molecule has 4 amide bonds. The highest BCUT2D eigenvalue weighted by atomic mass is 32.2. The summed E-state index contributed by atoms with van der Waals surface area (Å²) < 4.78 is 48.5. The van der Waals surface area contributed by atoms with Crippen LogP contribution in [0.4, 0.5) is 9.18 Å². The highest BCUT2D eigenvalue weighted by molar-refractivity contribution is 7.91. The lowest BCUT2D eigenvalue weighted by Crippen LogP contribution is -2.58. The zero-order valence-corrected chi connectivity index (χ0v) is 28.0. The largest absolute Gasteiger partial charge is 0.472 e. The zero-order valence-electron chi connectivity index (χ0n) is 27.1. The molecule has 2 aliphatic heterocycles. The third-order valence-corrected chi connectivity index (χ3v) is 11.9. The molecule has 15 heteroatoms. The van der Waals surface area contributed by atoms with Gasteiger partial charge in [0.2, 0.25) is 27.7 Å². The molecule has 2 aliphatic carbocycles. The number of nitrogens with zero attached hydrogens (tertiary/aromatic N) is 2. The first-order chi connectivity index (χ1) is 23.9. The maximum Gasteiger partial charge on any atom is 0.405 e. The summed E-state index contributed by atoms with van der Waals surface area (Å²) in [6.45, 7) is -0.126. The van der Waals surface area contributed by atoms with Crippen molar-refractivity contribution in [1.29, 1.82) is 0 Å². The maximum absolute atomic E-state index is 14.5. The van der Waals surface area contributed by atoms with Crippen LogP contribution in [-0.4, -0.2) is 82.7 Å². The van der Waals surface area contributed by atoms with E-state index in [1.165, 1.54) is 17.0 Å². The number of rotatable bonds is 6. The van der Waals surface area contributed by atoms with E-state index in [2.05, 4.69) is 20.3 Å². The molecule has 2 aromatic carbocycles. The van der Waals surface area contributed by atoms with Crippen LogP contribution >= 0.6 is 0 Å². The number of benzene rings is 2. The summed E-state index contributed by atoms with van der Waals surface area (Å²) >= 11 is 0. The minimum atomic E-state index is -3.91. The standard InChI is InChI=1S/C35H38FN5O8S/c36-21-12-15-24-25-9-6-7-10-27(25)37-31(26(24)16-21)49-22-17-29-30(42)39-35(33(44)40-50(47,48)23-13-14-23)18-20(35)8-4-2-1-3-5-11-28(38-34(45)46)32(43)41(29)19-22/h4,6-10,12,15-16,20,22-23,28-29,38H,1-3,5,11,13-14,17-19H2,(H,39,42)(H,40,44)(H,45,46)/t20-,22-,28+,29+,35-/m1/s1. The molecule has 3 fully saturated rings. The summed E-state index contributed by atoms with van der Waals surface area (Å²) in [7, 11) is -3.91. The van der Waals surface area contributed by atoms with E-state index in [1.54, 1.807) is 12.1 Å². The van der Waals surface area contributed by atoms with Crippen molar-refractivity contribution in [2.75, 3.05) is 6.54 Å². The summed E-state index contributed by atoms with van der Waals surface area (Å²) in [4.78, 5) is 59.5. The normalized spacial score (nSPS) is 27.4. The molecule has 0 spiro atoms. The van der Waals surface area contributed by atoms with E-state index < -0.39 is 74.5 Å². The monoisotopic (exact) mass is 707 g/mol. The van der Waals surface area contributed by atoms with Crippen LogP contribution in [0.5, 0.6) is 5.88 Å². The fraction of sp³-hybridized carbons (Fsp3) is 0.457. The number of sulfonamides is 1. The lowest BCUT2D eigenvalue weighted by atomic mass is 10.1. The number of carbonyl (C=O) groups is 4. The predicted octanol–water partition coefficient (Wildman–Crippen LogP) is 3.52. The van der Waals surface area contributed by atoms with Crippen LogP contribution in [0.25, 0.3) is 21.7 Å². The Morgan fingerprint density at radius 1 is 1.04 bits per heavy atom. The maximum atomic E-state index is 14.5. The van der Waals surface area contributed by atoms with E-state index in [4.69, 9.17) is 4.74 Å². The van der Waals surface area contributed by atoms with Gasteiger partial charge in [-0.15, -0.1) is 0 Å². The molecule has 264 valence electrons. The van der Waals surface area contributed by atoms with Crippen molar-refractivity contribution in [2.45, 2.75) is 86.8 Å². The number of ether oxygens (including phenoxy) is 1. The molecule has 13 nitrogen and oxygen atoms in total. The smallest absolute Gasteiger partial charge is 0.405 e. The molecule has 0 radical (unpaired) electrons. The van der Waals surface area contributed by atoms with E-state index in [0.717, 1.165) is 11.8 Å². The van der Waals surface area contributed by atoms with Gasteiger partial charge in [-0.05, 0) is 62.1 Å². The minimum absolute atomic E-state index is 0.0543. The van der Waals surface area contributed by atoms with Gasteiger partial charge < -0.3 is 25.4 Å². The van der Waals surface area contributed by atoms with Crippen LogP contribution in [0.1, 0.15) is 57.8 Å². The average Bonchev–Trinajstić information content (AvgIpc) is 4.00. The Morgan fingerprint density at radius 2 is 1.84 bits per heavy atom. The van der Waals surface area contributed by atoms with E-state index in [0.29, 0.717) is 48.4 Å². The quantitative estimate of drug-likeness (QED) is 0.220. The topological polar surface area (TPSA) is 184 Å². The van der Waals surface area contributed by atoms with E-state index >= 15 is 0 Å². The Kier molecular flexibility index (Phi) is 8.87. The SMILES string of the molecule is O=C(O)N[C@H]1CCCCCC=C[C@@H]2C[C@@]2(C(=O)NS(=O)(=O)C2CC2)NC(=O)[C@@H]2C[C@@H](Oc3nc4ccccc4c4ccc(F)cc34)CN2C1=O. The van der Waals surface area contributed by atoms with Gasteiger partial charge in [-0.3, -0.25) is 19.1 Å². The lowest BCUT2D eigenvalue weighted by Gasteiger charge is -2.29. The van der Waals surface area contributed by atoms with Gasteiger partial charge in [0.15, 0.2) is 0 Å². The van der Waals surface area contributed by atoms with Gasteiger partial charge in [0.05, 0.1) is 17.3 Å². The van der Waals surface area contributed by atoms with Crippen molar-refractivity contribution in [2.24, 2.45) is 5.92 Å². The molecule has 1 saturated heterocycles. The number of halogens is 1. The fourth-order valence-electron chi connectivity index (χ4n) is 7.14. The summed E-state index contributed by atoms with van der Waals surface area (Å²) in [6, 6.07) is 9.23. The third-order valence-electron chi connectivity index (χ3n) is 10.0.